The van der Waals surface area contributed by atoms with Gasteiger partial charge in [0.15, 0.2) is 0 Å². The van der Waals surface area contributed by atoms with E-state index in [0.29, 0.717) is 4.88 Å². The van der Waals surface area contributed by atoms with E-state index in [0.717, 1.165) is 47.0 Å². The van der Waals surface area contributed by atoms with E-state index in [1.165, 1.54) is 16.9 Å². The van der Waals surface area contributed by atoms with Crippen molar-refractivity contribution in [2.75, 3.05) is 5.32 Å². The van der Waals surface area contributed by atoms with Gasteiger partial charge >= 0.3 is 0 Å². The van der Waals surface area contributed by atoms with Crippen molar-refractivity contribution >= 4 is 28.6 Å². The molecule has 1 aromatic heterocycles. The fourth-order valence-electron chi connectivity index (χ4n) is 3.09. The third-order valence-corrected chi connectivity index (χ3v) is 5.58. The molecule has 0 atom stereocenters. The molecule has 0 saturated heterocycles. The molecule has 1 aliphatic rings. The second-order valence-electron chi connectivity index (χ2n) is 6.00. The maximum absolute atomic E-state index is 13.9. The summed E-state index contributed by atoms with van der Waals surface area (Å²) in [7, 11) is 0. The number of fused-ring (bicyclic) bond motifs is 3. The number of anilines is 1. The predicted octanol–water partition coefficient (Wildman–Crippen LogP) is 4.81. The Balaban J connectivity index is 1.64. The highest BCUT2D eigenvalue weighted by Crippen LogP contribution is 2.39. The van der Waals surface area contributed by atoms with Gasteiger partial charge < -0.3 is 5.32 Å². The quantitative estimate of drug-likeness (QED) is 0.532. The van der Waals surface area contributed by atoms with E-state index in [9.17, 15) is 19.3 Å². The molecule has 7 heteroatoms. The smallest absolute Gasteiger partial charge is 0.271 e. The summed E-state index contributed by atoms with van der Waals surface area (Å²) in [5, 5.41) is 13.3. The van der Waals surface area contributed by atoms with Crippen molar-refractivity contribution in [1.82, 2.24) is 0 Å². The van der Waals surface area contributed by atoms with Crippen LogP contribution in [0.1, 0.15) is 20.8 Å². The Morgan fingerprint density at radius 2 is 1.88 bits per heavy atom. The van der Waals surface area contributed by atoms with Crippen LogP contribution in [0, 0.1) is 15.9 Å². The number of rotatable bonds is 3. The maximum atomic E-state index is 13.9. The largest absolute Gasteiger partial charge is 0.319 e. The Bertz CT molecular complexity index is 1050. The average Bonchev–Trinajstić information content (AvgIpc) is 3.08. The van der Waals surface area contributed by atoms with Gasteiger partial charge in [0.1, 0.15) is 5.82 Å². The molecular weight excluding hydrogens is 355 g/mol. The summed E-state index contributed by atoms with van der Waals surface area (Å²) in [6.07, 6.45) is 1.77. The Labute approximate surface area is 152 Å². The van der Waals surface area contributed by atoms with Gasteiger partial charge in [-0.25, -0.2) is 4.39 Å². The summed E-state index contributed by atoms with van der Waals surface area (Å²) in [4.78, 5) is 24.3. The van der Waals surface area contributed by atoms with Crippen molar-refractivity contribution < 1.29 is 14.1 Å². The maximum Gasteiger partial charge on any atom is 0.271 e. The monoisotopic (exact) mass is 368 g/mol. The van der Waals surface area contributed by atoms with E-state index in [1.807, 2.05) is 24.3 Å². The number of halogens is 1. The van der Waals surface area contributed by atoms with Gasteiger partial charge in [-0.1, -0.05) is 24.3 Å². The van der Waals surface area contributed by atoms with E-state index in [4.69, 9.17) is 0 Å². The highest BCUT2D eigenvalue weighted by molar-refractivity contribution is 7.17. The molecule has 0 bridgehead atoms. The molecule has 3 aromatic rings. The van der Waals surface area contributed by atoms with E-state index >= 15 is 0 Å². The molecule has 1 amide bonds. The van der Waals surface area contributed by atoms with Crippen LogP contribution in [0.15, 0.2) is 48.5 Å². The van der Waals surface area contributed by atoms with Crippen molar-refractivity contribution in [2.24, 2.45) is 0 Å². The van der Waals surface area contributed by atoms with Crippen molar-refractivity contribution in [2.45, 2.75) is 12.8 Å². The Morgan fingerprint density at radius 3 is 2.69 bits per heavy atom. The summed E-state index contributed by atoms with van der Waals surface area (Å²) >= 11 is 1.35. The van der Waals surface area contributed by atoms with E-state index in [-0.39, 0.29) is 11.4 Å². The second-order valence-corrected chi connectivity index (χ2v) is 7.05. The minimum Gasteiger partial charge on any atom is -0.319 e. The predicted molar refractivity (Wildman–Crippen MR) is 98.2 cm³/mol. The topological polar surface area (TPSA) is 72.2 Å². The van der Waals surface area contributed by atoms with Crippen molar-refractivity contribution in [1.29, 1.82) is 0 Å². The number of benzene rings is 2. The number of amides is 1. The minimum atomic E-state index is -0.712. The van der Waals surface area contributed by atoms with Crippen molar-refractivity contribution in [3.63, 3.8) is 0 Å². The lowest BCUT2D eigenvalue weighted by Gasteiger charge is -2.15. The van der Waals surface area contributed by atoms with Crippen molar-refractivity contribution in [3.05, 3.63) is 80.5 Å². The fraction of sp³-hybridized carbons (Fsp3) is 0.105. The van der Waals surface area contributed by atoms with Gasteiger partial charge in [-0.15, -0.1) is 11.3 Å². The molecule has 5 nitrogen and oxygen atoms in total. The van der Waals surface area contributed by atoms with Gasteiger partial charge in [0.05, 0.1) is 15.5 Å². The molecule has 0 radical (unpaired) electrons. The standard InChI is InChI=1S/C19H13FN2O3S/c20-15-8-7-13(22(24)25)10-16(15)21-19(23)17-9-12-6-5-11-3-1-2-4-14(11)18(12)26-17/h1-4,7-10H,5-6H2,(H,21,23). The molecular formula is C19H13FN2O3S. The van der Waals surface area contributed by atoms with Crippen LogP contribution < -0.4 is 5.32 Å². The molecule has 0 aliphatic heterocycles. The number of nitrogens with zero attached hydrogens (tertiary/aromatic N) is 1. The summed E-state index contributed by atoms with van der Waals surface area (Å²) in [6.45, 7) is 0. The highest BCUT2D eigenvalue weighted by Gasteiger charge is 2.22. The van der Waals surface area contributed by atoms with Gasteiger partial charge in [0, 0.05) is 17.0 Å². The molecule has 0 saturated carbocycles. The van der Waals surface area contributed by atoms with Crippen LogP contribution in [-0.2, 0) is 12.8 Å². The van der Waals surface area contributed by atoms with Gasteiger partial charge in [0.25, 0.3) is 11.6 Å². The SMILES string of the molecule is O=C(Nc1cc([N+](=O)[O-])ccc1F)c1cc2c(s1)-c1ccccc1CC2. The molecule has 130 valence electrons. The lowest BCUT2D eigenvalue weighted by molar-refractivity contribution is -0.384. The zero-order chi connectivity index (χ0) is 18.3. The van der Waals surface area contributed by atoms with Gasteiger partial charge in [0.2, 0.25) is 0 Å². The van der Waals surface area contributed by atoms with E-state index < -0.39 is 16.6 Å². The third kappa shape index (κ3) is 2.86. The van der Waals surface area contributed by atoms with Crippen LogP contribution in [-0.4, -0.2) is 10.8 Å². The summed E-state index contributed by atoms with van der Waals surface area (Å²) in [6, 6.07) is 13.0. The minimum absolute atomic E-state index is 0.198. The number of nitro groups is 1. The Hall–Kier alpha value is -3.06. The number of thiophene rings is 1. The van der Waals surface area contributed by atoms with Crippen LogP contribution >= 0.6 is 11.3 Å². The first kappa shape index (κ1) is 16.4. The Kier molecular flexibility index (Phi) is 4.00. The zero-order valence-corrected chi connectivity index (χ0v) is 14.3. The first-order valence-corrected chi connectivity index (χ1v) is 8.81. The molecule has 4 rings (SSSR count). The number of nitro benzene ring substituents is 1. The van der Waals surface area contributed by atoms with Crippen LogP contribution in [0.4, 0.5) is 15.8 Å². The van der Waals surface area contributed by atoms with Crippen LogP contribution in [0.5, 0.6) is 0 Å². The highest BCUT2D eigenvalue weighted by atomic mass is 32.1. The summed E-state index contributed by atoms with van der Waals surface area (Å²) in [5.74, 6) is -1.18. The summed E-state index contributed by atoms with van der Waals surface area (Å²) < 4.78 is 13.9. The molecule has 1 N–H and O–H groups in total. The van der Waals surface area contributed by atoms with E-state index in [1.54, 1.807) is 0 Å². The van der Waals surface area contributed by atoms with Gasteiger partial charge in [-0.05, 0) is 41.7 Å². The van der Waals surface area contributed by atoms with Crippen LogP contribution in [0.25, 0.3) is 10.4 Å². The number of non-ortho nitro benzene ring substituents is 1. The molecule has 1 heterocycles. The van der Waals surface area contributed by atoms with Crippen LogP contribution in [0.3, 0.4) is 0 Å². The second kappa shape index (κ2) is 6.34. The first-order valence-electron chi connectivity index (χ1n) is 7.99. The number of carbonyl (C=O) groups is 1. The van der Waals surface area contributed by atoms with Crippen LogP contribution in [0.2, 0.25) is 0 Å². The van der Waals surface area contributed by atoms with Gasteiger partial charge in [-0.2, -0.15) is 0 Å². The van der Waals surface area contributed by atoms with Crippen molar-refractivity contribution in [3.8, 4) is 10.4 Å². The number of nitrogens with one attached hydrogen (secondary N) is 1. The fourth-order valence-corrected chi connectivity index (χ4v) is 4.26. The summed E-state index contributed by atoms with van der Waals surface area (Å²) in [5.41, 5.74) is 2.99. The molecule has 0 unspecified atom stereocenters. The Morgan fingerprint density at radius 1 is 1.12 bits per heavy atom. The number of hydrogen-bond donors (Lipinski definition) is 1. The number of aryl methyl sites for hydroxylation is 2. The average molecular weight is 368 g/mol. The van der Waals surface area contributed by atoms with E-state index in [2.05, 4.69) is 11.4 Å². The molecule has 1 aliphatic carbocycles. The lowest BCUT2D eigenvalue weighted by atomic mass is 9.91. The molecule has 2 aromatic carbocycles. The normalized spacial score (nSPS) is 12.2. The first-order chi connectivity index (χ1) is 12.5. The lowest BCUT2D eigenvalue weighted by Crippen LogP contribution is -2.11. The molecule has 0 fully saturated rings. The molecule has 26 heavy (non-hydrogen) atoms. The number of carbonyl (C=O) groups excluding carboxylic acids is 1. The zero-order valence-electron chi connectivity index (χ0n) is 13.5. The van der Waals surface area contributed by atoms with Gasteiger partial charge in [-0.3, -0.25) is 14.9 Å². The third-order valence-electron chi connectivity index (χ3n) is 4.37. The number of hydrogen-bond acceptors (Lipinski definition) is 4. The molecule has 0 spiro atoms.